The first-order valence-corrected chi connectivity index (χ1v) is 7.05. The van der Waals surface area contributed by atoms with E-state index in [1.807, 2.05) is 12.1 Å². The Morgan fingerprint density at radius 1 is 1.42 bits per heavy atom. The van der Waals surface area contributed by atoms with E-state index in [9.17, 15) is 0 Å². The molecule has 106 valence electrons. The molecule has 19 heavy (non-hydrogen) atoms. The van der Waals surface area contributed by atoms with Crippen molar-refractivity contribution in [3.63, 3.8) is 0 Å². The van der Waals surface area contributed by atoms with Crippen LogP contribution in [-0.2, 0) is 4.74 Å². The summed E-state index contributed by atoms with van der Waals surface area (Å²) >= 11 is 0. The maximum atomic E-state index is 5.66. The second-order valence-electron chi connectivity index (χ2n) is 5.06. The average molecular weight is 264 g/mol. The van der Waals surface area contributed by atoms with Crippen LogP contribution in [-0.4, -0.2) is 19.8 Å². The smallest absolute Gasteiger partial charge is 0.118 e. The van der Waals surface area contributed by atoms with Gasteiger partial charge in [0.2, 0.25) is 0 Å². The molecule has 0 amide bonds. The molecule has 0 aromatic heterocycles. The highest BCUT2D eigenvalue weighted by Gasteiger charge is 2.16. The summed E-state index contributed by atoms with van der Waals surface area (Å²) in [5, 5.41) is 0. The molecule has 1 aliphatic heterocycles. The number of nitrogens with one attached hydrogen (secondary N) is 1. The molecular formula is C15H24N2O2. The van der Waals surface area contributed by atoms with E-state index in [1.54, 1.807) is 7.11 Å². The predicted octanol–water partition coefficient (Wildman–Crippen LogP) is 2.55. The van der Waals surface area contributed by atoms with Crippen LogP contribution in [0.1, 0.15) is 43.7 Å². The molecule has 3 N–H and O–H groups in total. The average Bonchev–Trinajstić information content (AvgIpc) is 2.97. The third-order valence-electron chi connectivity index (χ3n) is 3.76. The van der Waals surface area contributed by atoms with E-state index >= 15 is 0 Å². The zero-order chi connectivity index (χ0) is 13.5. The molecule has 1 saturated heterocycles. The second kappa shape index (κ2) is 7.48. The first kappa shape index (κ1) is 14.3. The maximum Gasteiger partial charge on any atom is 0.118 e. The van der Waals surface area contributed by atoms with E-state index in [0.717, 1.165) is 31.6 Å². The number of nitrogens with two attached hydrogens (primary N) is 1. The fraction of sp³-hybridized carbons (Fsp3) is 0.600. The Morgan fingerprint density at radius 2 is 2.21 bits per heavy atom. The molecule has 1 aromatic carbocycles. The van der Waals surface area contributed by atoms with Gasteiger partial charge in [0.25, 0.3) is 0 Å². The Hall–Kier alpha value is -1.10. The van der Waals surface area contributed by atoms with Gasteiger partial charge >= 0.3 is 0 Å². The molecule has 1 fully saturated rings. The summed E-state index contributed by atoms with van der Waals surface area (Å²) < 4.78 is 10.8. The lowest BCUT2D eigenvalue weighted by Crippen LogP contribution is -2.28. The topological polar surface area (TPSA) is 56.5 Å². The lowest BCUT2D eigenvalue weighted by Gasteiger charge is -2.17. The molecule has 2 unspecified atom stereocenters. The highest BCUT2D eigenvalue weighted by Crippen LogP contribution is 2.24. The van der Waals surface area contributed by atoms with Gasteiger partial charge in [0.05, 0.1) is 13.2 Å². The molecule has 1 heterocycles. The Kier molecular flexibility index (Phi) is 5.63. The molecule has 4 heteroatoms. The molecule has 0 spiro atoms. The summed E-state index contributed by atoms with van der Waals surface area (Å²) in [4.78, 5) is 0. The monoisotopic (exact) mass is 264 g/mol. The summed E-state index contributed by atoms with van der Waals surface area (Å²) in [5.41, 5.74) is 4.10. The van der Waals surface area contributed by atoms with Gasteiger partial charge in [-0.3, -0.25) is 11.3 Å². The largest absolute Gasteiger partial charge is 0.497 e. The summed E-state index contributed by atoms with van der Waals surface area (Å²) in [6.07, 6.45) is 6.18. The molecule has 1 aliphatic rings. The van der Waals surface area contributed by atoms with Crippen molar-refractivity contribution in [3.05, 3.63) is 29.8 Å². The Labute approximate surface area is 115 Å². The molecule has 2 rings (SSSR count). The van der Waals surface area contributed by atoms with Crippen LogP contribution in [0.15, 0.2) is 24.3 Å². The number of methoxy groups -OCH3 is 1. The van der Waals surface area contributed by atoms with Crippen molar-refractivity contribution in [1.82, 2.24) is 5.43 Å². The maximum absolute atomic E-state index is 5.66. The third kappa shape index (κ3) is 4.20. The lowest BCUT2D eigenvalue weighted by molar-refractivity contribution is 0.101. The molecule has 0 saturated carbocycles. The summed E-state index contributed by atoms with van der Waals surface area (Å²) in [5.74, 6) is 6.53. The number of hydrogen-bond donors (Lipinski definition) is 2. The van der Waals surface area contributed by atoms with Crippen molar-refractivity contribution >= 4 is 0 Å². The number of benzene rings is 1. The number of ether oxygens (including phenoxy) is 2. The molecule has 0 radical (unpaired) electrons. The molecule has 4 nitrogen and oxygen atoms in total. The predicted molar refractivity (Wildman–Crippen MR) is 75.9 cm³/mol. The first-order valence-electron chi connectivity index (χ1n) is 7.05. The van der Waals surface area contributed by atoms with Gasteiger partial charge < -0.3 is 9.47 Å². The molecule has 2 atom stereocenters. The number of rotatable bonds is 7. The number of hydrogen-bond acceptors (Lipinski definition) is 4. The first-order chi connectivity index (χ1) is 9.33. The van der Waals surface area contributed by atoms with E-state index in [4.69, 9.17) is 15.3 Å². The van der Waals surface area contributed by atoms with E-state index in [-0.39, 0.29) is 6.04 Å². The summed E-state index contributed by atoms with van der Waals surface area (Å²) in [6, 6.07) is 8.27. The van der Waals surface area contributed by atoms with Gasteiger partial charge in [-0.05, 0) is 49.8 Å². The van der Waals surface area contributed by atoms with Crippen molar-refractivity contribution in [2.24, 2.45) is 5.84 Å². The molecule has 0 bridgehead atoms. The van der Waals surface area contributed by atoms with Crippen LogP contribution in [0, 0.1) is 0 Å². The summed E-state index contributed by atoms with van der Waals surface area (Å²) in [7, 11) is 1.68. The highest BCUT2D eigenvalue weighted by atomic mass is 16.5. The van der Waals surface area contributed by atoms with Gasteiger partial charge in [0.15, 0.2) is 0 Å². The number of hydrazine groups is 1. The normalized spacial score (nSPS) is 20.4. The van der Waals surface area contributed by atoms with Crippen LogP contribution in [0.25, 0.3) is 0 Å². The molecular weight excluding hydrogens is 240 g/mol. The molecule has 0 aliphatic carbocycles. The standard InChI is InChI=1S/C15H24N2O2/c1-18-13-9-7-12(8-10-13)15(17-16)6-2-4-14-5-3-11-19-14/h7-10,14-15,17H,2-6,11,16H2,1H3. The highest BCUT2D eigenvalue weighted by molar-refractivity contribution is 5.29. The van der Waals surface area contributed by atoms with E-state index in [0.29, 0.717) is 6.10 Å². The van der Waals surface area contributed by atoms with Crippen LogP contribution in [0.3, 0.4) is 0 Å². The Balaban J connectivity index is 1.80. The van der Waals surface area contributed by atoms with E-state index < -0.39 is 0 Å². The zero-order valence-electron chi connectivity index (χ0n) is 11.6. The fourth-order valence-electron chi connectivity index (χ4n) is 2.60. The van der Waals surface area contributed by atoms with Gasteiger partial charge in [0, 0.05) is 12.6 Å². The minimum atomic E-state index is 0.201. The Bertz CT molecular complexity index is 361. The van der Waals surface area contributed by atoms with E-state index in [1.165, 1.54) is 18.4 Å². The van der Waals surface area contributed by atoms with Gasteiger partial charge in [-0.1, -0.05) is 12.1 Å². The van der Waals surface area contributed by atoms with Crippen molar-refractivity contribution in [2.45, 2.75) is 44.2 Å². The quantitative estimate of drug-likeness (QED) is 0.587. The lowest BCUT2D eigenvalue weighted by atomic mass is 9.99. The van der Waals surface area contributed by atoms with Crippen molar-refractivity contribution in [2.75, 3.05) is 13.7 Å². The van der Waals surface area contributed by atoms with Crippen molar-refractivity contribution < 1.29 is 9.47 Å². The minimum absolute atomic E-state index is 0.201. The second-order valence-corrected chi connectivity index (χ2v) is 5.06. The zero-order valence-corrected chi connectivity index (χ0v) is 11.6. The van der Waals surface area contributed by atoms with Crippen LogP contribution in [0.4, 0.5) is 0 Å². The van der Waals surface area contributed by atoms with Crippen molar-refractivity contribution in [3.8, 4) is 5.75 Å². The van der Waals surface area contributed by atoms with Crippen LogP contribution < -0.4 is 16.0 Å². The van der Waals surface area contributed by atoms with Gasteiger partial charge in [-0.15, -0.1) is 0 Å². The van der Waals surface area contributed by atoms with Gasteiger partial charge in [-0.2, -0.15) is 0 Å². The van der Waals surface area contributed by atoms with Gasteiger partial charge in [0.1, 0.15) is 5.75 Å². The van der Waals surface area contributed by atoms with Gasteiger partial charge in [-0.25, -0.2) is 0 Å². The SMILES string of the molecule is COc1ccc(C(CCCC2CCCO2)NN)cc1. The molecule has 1 aromatic rings. The van der Waals surface area contributed by atoms with Crippen LogP contribution >= 0.6 is 0 Å². The van der Waals surface area contributed by atoms with Crippen LogP contribution in [0.2, 0.25) is 0 Å². The minimum Gasteiger partial charge on any atom is -0.497 e. The van der Waals surface area contributed by atoms with Crippen LogP contribution in [0.5, 0.6) is 5.75 Å². The Morgan fingerprint density at radius 3 is 2.79 bits per heavy atom. The third-order valence-corrected chi connectivity index (χ3v) is 3.76. The van der Waals surface area contributed by atoms with E-state index in [2.05, 4.69) is 17.6 Å². The van der Waals surface area contributed by atoms with Crippen molar-refractivity contribution in [1.29, 1.82) is 0 Å². The summed E-state index contributed by atoms with van der Waals surface area (Å²) in [6.45, 7) is 0.932. The fourth-order valence-corrected chi connectivity index (χ4v) is 2.60.